The van der Waals surface area contributed by atoms with E-state index in [2.05, 4.69) is 4.98 Å². The Balaban J connectivity index is 1.61. The van der Waals surface area contributed by atoms with Crippen LogP contribution in [0.2, 0.25) is 0 Å². The third kappa shape index (κ3) is 5.67. The van der Waals surface area contributed by atoms with E-state index in [-0.39, 0.29) is 23.9 Å². The van der Waals surface area contributed by atoms with Gasteiger partial charge in [-0.3, -0.25) is 13.9 Å². The zero-order valence-corrected chi connectivity index (χ0v) is 21.5. The Morgan fingerprint density at radius 2 is 1.74 bits per heavy atom. The first-order chi connectivity index (χ1) is 16.8. The van der Waals surface area contributed by atoms with Crippen molar-refractivity contribution in [3.05, 3.63) is 64.1 Å². The quantitative estimate of drug-likeness (QED) is 0.385. The van der Waals surface area contributed by atoms with E-state index in [0.29, 0.717) is 30.1 Å². The summed E-state index contributed by atoms with van der Waals surface area (Å²) in [5.41, 5.74) is 9.20. The van der Waals surface area contributed by atoms with E-state index in [0.717, 1.165) is 42.3 Å². The van der Waals surface area contributed by atoms with Crippen molar-refractivity contribution in [2.75, 3.05) is 25.3 Å². The molecule has 0 radical (unpaired) electrons. The van der Waals surface area contributed by atoms with Gasteiger partial charge >= 0.3 is 7.60 Å². The number of anilines is 1. The summed E-state index contributed by atoms with van der Waals surface area (Å²) in [7, 11) is -3.25. The monoisotopic (exact) mass is 499 g/mol. The highest BCUT2D eigenvalue weighted by molar-refractivity contribution is 7.53. The Morgan fingerprint density at radius 3 is 2.37 bits per heavy atom. The van der Waals surface area contributed by atoms with Crippen LogP contribution in [0.25, 0.3) is 16.6 Å². The summed E-state index contributed by atoms with van der Waals surface area (Å²) in [6.45, 7) is 6.16. The molecule has 3 aromatic rings. The molecule has 1 aromatic carbocycles. The number of aryl methyl sites for hydroxylation is 1. The second-order valence-corrected chi connectivity index (χ2v) is 10.9. The lowest BCUT2D eigenvalue weighted by molar-refractivity contribution is 0.0378. The molecule has 8 nitrogen and oxygen atoms in total. The molecule has 1 aliphatic carbocycles. The van der Waals surface area contributed by atoms with Crippen molar-refractivity contribution in [2.45, 2.75) is 58.5 Å². The van der Waals surface area contributed by atoms with Gasteiger partial charge in [-0.25, -0.2) is 4.98 Å². The molecular weight excluding hydrogens is 465 g/mol. The third-order valence-electron chi connectivity index (χ3n) is 6.48. The Bertz CT molecular complexity index is 1260. The highest BCUT2D eigenvalue weighted by atomic mass is 31.2. The molecule has 2 N–H and O–H groups in total. The van der Waals surface area contributed by atoms with Crippen LogP contribution < -0.4 is 11.3 Å². The SMILES string of the molecule is CCOP(=O)(COC1CCC(c2c(=O)n(-c3ccccc3)cc3c(C)cc(N)nc23)CC1)OCC. The summed E-state index contributed by atoms with van der Waals surface area (Å²) in [6.07, 6.45) is 4.75. The summed E-state index contributed by atoms with van der Waals surface area (Å²) in [5.74, 6) is 0.438. The lowest BCUT2D eigenvalue weighted by Gasteiger charge is -2.30. The van der Waals surface area contributed by atoms with Crippen molar-refractivity contribution in [3.8, 4) is 5.69 Å². The fraction of sp³-hybridized carbons (Fsp3) is 0.462. The van der Waals surface area contributed by atoms with E-state index in [4.69, 9.17) is 19.5 Å². The first-order valence-electron chi connectivity index (χ1n) is 12.2. The van der Waals surface area contributed by atoms with Gasteiger partial charge in [0, 0.05) is 22.8 Å². The Hall–Kier alpha value is -2.51. The van der Waals surface area contributed by atoms with Gasteiger partial charge in [0.2, 0.25) is 0 Å². The van der Waals surface area contributed by atoms with Gasteiger partial charge in [-0.2, -0.15) is 0 Å². The van der Waals surface area contributed by atoms with Gasteiger partial charge in [-0.05, 0) is 76.1 Å². The van der Waals surface area contributed by atoms with Crippen molar-refractivity contribution in [3.63, 3.8) is 0 Å². The number of benzene rings is 1. The summed E-state index contributed by atoms with van der Waals surface area (Å²) < 4.78 is 31.1. The molecule has 4 rings (SSSR count). The van der Waals surface area contributed by atoms with Crippen LogP contribution in [0, 0.1) is 6.92 Å². The Labute approximate surface area is 205 Å². The average molecular weight is 500 g/mol. The predicted molar refractivity (Wildman–Crippen MR) is 138 cm³/mol. The van der Waals surface area contributed by atoms with Gasteiger partial charge < -0.3 is 19.5 Å². The molecule has 2 heterocycles. The number of nitrogen functional groups attached to an aromatic ring is 1. The number of aromatic nitrogens is 2. The third-order valence-corrected chi connectivity index (χ3v) is 8.25. The van der Waals surface area contributed by atoms with Gasteiger partial charge in [-0.1, -0.05) is 18.2 Å². The van der Waals surface area contributed by atoms with Crippen LogP contribution >= 0.6 is 7.60 Å². The molecule has 0 amide bonds. The minimum Gasteiger partial charge on any atom is -0.384 e. The summed E-state index contributed by atoms with van der Waals surface area (Å²) in [6, 6.07) is 11.5. The molecule has 0 saturated heterocycles. The molecule has 0 spiro atoms. The molecule has 1 aliphatic rings. The fourth-order valence-electron chi connectivity index (χ4n) is 4.86. The molecule has 188 valence electrons. The molecular formula is C26H34N3O5P. The van der Waals surface area contributed by atoms with Crippen LogP contribution in [0.1, 0.15) is 56.6 Å². The van der Waals surface area contributed by atoms with Crippen LogP contribution in [-0.2, 0) is 18.3 Å². The molecule has 9 heteroatoms. The van der Waals surface area contributed by atoms with Crippen LogP contribution in [0.5, 0.6) is 0 Å². The van der Waals surface area contributed by atoms with Crippen molar-refractivity contribution < 1.29 is 18.3 Å². The van der Waals surface area contributed by atoms with E-state index >= 15 is 0 Å². The maximum Gasteiger partial charge on any atom is 0.356 e. The number of para-hydroxylation sites is 1. The molecule has 35 heavy (non-hydrogen) atoms. The minimum absolute atomic E-state index is 0.0281. The van der Waals surface area contributed by atoms with Crippen molar-refractivity contribution in [1.29, 1.82) is 0 Å². The summed E-state index contributed by atoms with van der Waals surface area (Å²) >= 11 is 0. The number of pyridine rings is 2. The van der Waals surface area contributed by atoms with Crippen molar-refractivity contribution >= 4 is 24.3 Å². The van der Waals surface area contributed by atoms with E-state index in [9.17, 15) is 9.36 Å². The normalized spacial score (nSPS) is 18.7. The summed E-state index contributed by atoms with van der Waals surface area (Å²) in [4.78, 5) is 18.4. The number of rotatable bonds is 9. The zero-order chi connectivity index (χ0) is 25.0. The fourth-order valence-corrected chi connectivity index (χ4v) is 6.27. The average Bonchev–Trinajstić information content (AvgIpc) is 2.84. The van der Waals surface area contributed by atoms with E-state index in [1.54, 1.807) is 18.4 Å². The van der Waals surface area contributed by atoms with Crippen LogP contribution in [0.3, 0.4) is 0 Å². The molecule has 1 saturated carbocycles. The first-order valence-corrected chi connectivity index (χ1v) is 14.0. The van der Waals surface area contributed by atoms with Crippen LogP contribution in [0.4, 0.5) is 5.82 Å². The van der Waals surface area contributed by atoms with E-state index in [1.165, 1.54) is 0 Å². The van der Waals surface area contributed by atoms with Gasteiger partial charge in [0.05, 0.1) is 24.8 Å². The smallest absolute Gasteiger partial charge is 0.356 e. The standard InChI is InChI=1S/C26H34N3O5P/c1-4-33-35(31,34-5-2)17-32-21-13-11-19(12-14-21)24-25-22(18(3)15-23(27)28-25)16-29(26(24)30)20-9-7-6-8-10-20/h6-10,15-16,19,21H,4-5,11-14,17H2,1-3H3,(H2,27,28). The Morgan fingerprint density at radius 1 is 1.09 bits per heavy atom. The minimum atomic E-state index is -3.25. The number of nitrogens with two attached hydrogens (primary N) is 1. The topological polar surface area (TPSA) is 106 Å². The predicted octanol–water partition coefficient (Wildman–Crippen LogP) is 5.54. The number of hydrogen-bond donors (Lipinski definition) is 1. The number of nitrogens with zero attached hydrogens (tertiary/aromatic N) is 2. The first kappa shape index (κ1) is 25.6. The highest BCUT2D eigenvalue weighted by Crippen LogP contribution is 2.49. The lowest BCUT2D eigenvalue weighted by Crippen LogP contribution is -2.29. The van der Waals surface area contributed by atoms with Crippen molar-refractivity contribution in [1.82, 2.24) is 9.55 Å². The second-order valence-electron chi connectivity index (χ2n) is 8.90. The van der Waals surface area contributed by atoms with Crippen LogP contribution in [0.15, 0.2) is 47.4 Å². The Kier molecular flexibility index (Phi) is 8.07. The number of fused-ring (bicyclic) bond motifs is 1. The van der Waals surface area contributed by atoms with Gasteiger partial charge in [0.1, 0.15) is 12.2 Å². The molecule has 2 aromatic heterocycles. The van der Waals surface area contributed by atoms with Crippen LogP contribution in [-0.4, -0.2) is 35.2 Å². The molecule has 0 bridgehead atoms. The maximum atomic E-state index is 13.8. The van der Waals surface area contributed by atoms with Gasteiger partial charge in [0.15, 0.2) is 0 Å². The maximum absolute atomic E-state index is 13.8. The number of hydrogen-bond acceptors (Lipinski definition) is 7. The zero-order valence-electron chi connectivity index (χ0n) is 20.6. The van der Waals surface area contributed by atoms with Gasteiger partial charge in [-0.15, -0.1) is 0 Å². The van der Waals surface area contributed by atoms with E-state index < -0.39 is 7.60 Å². The van der Waals surface area contributed by atoms with Crippen molar-refractivity contribution in [2.24, 2.45) is 0 Å². The molecule has 0 unspecified atom stereocenters. The second kappa shape index (κ2) is 11.0. The molecule has 0 atom stereocenters. The van der Waals surface area contributed by atoms with E-state index in [1.807, 2.05) is 49.5 Å². The number of ether oxygens (including phenoxy) is 1. The largest absolute Gasteiger partial charge is 0.384 e. The lowest BCUT2D eigenvalue weighted by atomic mass is 9.82. The summed E-state index contributed by atoms with van der Waals surface area (Å²) in [5, 5.41) is 0.922. The molecule has 1 fully saturated rings. The molecule has 0 aliphatic heterocycles. The highest BCUT2D eigenvalue weighted by Gasteiger charge is 2.31. The van der Waals surface area contributed by atoms with Gasteiger partial charge in [0.25, 0.3) is 5.56 Å².